The molecular formula is C20H23Cl2N3O3. The normalized spacial score (nSPS) is 14.8. The summed E-state index contributed by atoms with van der Waals surface area (Å²) in [6.07, 6.45) is 3.10. The van der Waals surface area contributed by atoms with Crippen molar-refractivity contribution in [3.05, 3.63) is 46.2 Å². The molecule has 0 atom stereocenters. The number of aromatic nitrogens is 2. The molecule has 1 aliphatic rings. The van der Waals surface area contributed by atoms with Gasteiger partial charge in [0, 0.05) is 19.2 Å². The van der Waals surface area contributed by atoms with Crippen LogP contribution in [0.2, 0.25) is 10.3 Å². The molecule has 0 spiro atoms. The van der Waals surface area contributed by atoms with Gasteiger partial charge < -0.3 is 14.4 Å². The van der Waals surface area contributed by atoms with Crippen LogP contribution in [0.4, 0.5) is 5.69 Å². The summed E-state index contributed by atoms with van der Waals surface area (Å²) >= 11 is 12.1. The first kappa shape index (κ1) is 20.7. The van der Waals surface area contributed by atoms with Gasteiger partial charge in [0.1, 0.15) is 5.75 Å². The molecule has 0 bridgehead atoms. The van der Waals surface area contributed by atoms with E-state index in [1.54, 1.807) is 37.3 Å². The average molecular weight is 424 g/mol. The summed E-state index contributed by atoms with van der Waals surface area (Å²) in [4.78, 5) is 13.9. The van der Waals surface area contributed by atoms with Crippen molar-refractivity contribution in [3.63, 3.8) is 0 Å². The Bertz CT molecular complexity index is 794. The highest BCUT2D eigenvalue weighted by molar-refractivity contribution is 6.33. The Hall–Kier alpha value is -2.05. The van der Waals surface area contributed by atoms with Crippen molar-refractivity contribution < 1.29 is 14.3 Å². The summed E-state index contributed by atoms with van der Waals surface area (Å²) in [6.45, 7) is 4.61. The predicted octanol–water partition coefficient (Wildman–Crippen LogP) is 4.65. The predicted molar refractivity (Wildman–Crippen MR) is 109 cm³/mol. The highest BCUT2D eigenvalue weighted by atomic mass is 35.5. The zero-order chi connectivity index (χ0) is 19.9. The van der Waals surface area contributed by atoms with E-state index in [9.17, 15) is 4.79 Å². The number of hydrogen-bond donors (Lipinski definition) is 0. The highest BCUT2D eigenvalue weighted by Gasteiger charge is 2.22. The van der Waals surface area contributed by atoms with Crippen LogP contribution in [0.1, 0.15) is 36.5 Å². The molecule has 0 amide bonds. The molecule has 3 rings (SSSR count). The number of ether oxygens (including phenoxy) is 2. The fourth-order valence-electron chi connectivity index (χ4n) is 3.27. The number of carbonyl (C=O) groups excluding carboxylic acids is 1. The van der Waals surface area contributed by atoms with E-state index in [4.69, 9.17) is 32.7 Å². The van der Waals surface area contributed by atoms with Crippen molar-refractivity contribution >= 4 is 34.9 Å². The van der Waals surface area contributed by atoms with Gasteiger partial charge in [-0.15, -0.1) is 10.2 Å². The van der Waals surface area contributed by atoms with Gasteiger partial charge in [0.25, 0.3) is 0 Å². The van der Waals surface area contributed by atoms with Gasteiger partial charge in [0.2, 0.25) is 0 Å². The Kier molecular flexibility index (Phi) is 7.34. The monoisotopic (exact) mass is 423 g/mol. The molecule has 1 fully saturated rings. The number of anilines is 1. The molecule has 0 unspecified atom stereocenters. The summed E-state index contributed by atoms with van der Waals surface area (Å²) in [7, 11) is 0. The second-order valence-electron chi connectivity index (χ2n) is 6.66. The molecule has 150 valence electrons. The van der Waals surface area contributed by atoms with E-state index in [1.165, 1.54) is 0 Å². The van der Waals surface area contributed by atoms with Crippen LogP contribution < -0.4 is 9.64 Å². The minimum absolute atomic E-state index is 0.313. The standard InChI is InChI=1S/C20H23Cl2N3O3/c1-2-27-20(26)15-3-5-16(6-4-15)28-12-9-14-7-10-25(11-8-14)17-13-18(21)23-24-19(17)22/h3-6,13-14H,2,7-12H2,1H3. The molecule has 0 saturated carbocycles. The quantitative estimate of drug-likeness (QED) is 0.604. The van der Waals surface area contributed by atoms with Crippen molar-refractivity contribution in [1.29, 1.82) is 0 Å². The maximum atomic E-state index is 11.7. The summed E-state index contributed by atoms with van der Waals surface area (Å²) < 4.78 is 10.8. The average Bonchev–Trinajstić information content (AvgIpc) is 2.71. The van der Waals surface area contributed by atoms with Gasteiger partial charge in [-0.1, -0.05) is 23.2 Å². The smallest absolute Gasteiger partial charge is 0.338 e. The molecule has 1 saturated heterocycles. The zero-order valence-corrected chi connectivity index (χ0v) is 17.2. The Balaban J connectivity index is 1.42. The molecule has 1 aromatic heterocycles. The van der Waals surface area contributed by atoms with Crippen LogP contribution in [0.15, 0.2) is 30.3 Å². The van der Waals surface area contributed by atoms with Gasteiger partial charge in [-0.2, -0.15) is 0 Å². The van der Waals surface area contributed by atoms with E-state index >= 15 is 0 Å². The molecule has 28 heavy (non-hydrogen) atoms. The van der Waals surface area contributed by atoms with Crippen molar-refractivity contribution in [2.45, 2.75) is 26.2 Å². The third-order valence-electron chi connectivity index (χ3n) is 4.82. The lowest BCUT2D eigenvalue weighted by molar-refractivity contribution is 0.0526. The van der Waals surface area contributed by atoms with E-state index in [2.05, 4.69) is 15.1 Å². The van der Waals surface area contributed by atoms with Crippen LogP contribution >= 0.6 is 23.2 Å². The lowest BCUT2D eigenvalue weighted by atomic mass is 9.94. The number of rotatable bonds is 7. The van der Waals surface area contributed by atoms with Gasteiger partial charge >= 0.3 is 5.97 Å². The van der Waals surface area contributed by atoms with Crippen LogP contribution in [0, 0.1) is 5.92 Å². The minimum atomic E-state index is -0.313. The van der Waals surface area contributed by atoms with Crippen molar-refractivity contribution in [2.24, 2.45) is 5.92 Å². The molecule has 1 aromatic carbocycles. The first-order chi connectivity index (χ1) is 13.6. The Labute approximate surface area is 174 Å². The van der Waals surface area contributed by atoms with Crippen LogP contribution in [0.5, 0.6) is 5.75 Å². The first-order valence-corrected chi connectivity index (χ1v) is 10.2. The maximum absolute atomic E-state index is 11.7. The van der Waals surface area contributed by atoms with E-state index in [1.807, 2.05) is 0 Å². The molecule has 1 aliphatic heterocycles. The van der Waals surface area contributed by atoms with Gasteiger partial charge in [0.05, 0.1) is 24.5 Å². The molecule has 2 heterocycles. The fourth-order valence-corrected chi connectivity index (χ4v) is 3.63. The van der Waals surface area contributed by atoms with Crippen LogP contribution in [-0.4, -0.2) is 42.5 Å². The van der Waals surface area contributed by atoms with Gasteiger partial charge in [-0.3, -0.25) is 0 Å². The third kappa shape index (κ3) is 5.49. The first-order valence-electron chi connectivity index (χ1n) is 9.40. The molecule has 0 radical (unpaired) electrons. The molecule has 8 heteroatoms. The third-order valence-corrected chi connectivity index (χ3v) is 5.27. The van der Waals surface area contributed by atoms with Crippen molar-refractivity contribution in [2.75, 3.05) is 31.2 Å². The van der Waals surface area contributed by atoms with Gasteiger partial charge in [0.15, 0.2) is 10.3 Å². The summed E-state index contributed by atoms with van der Waals surface area (Å²) in [5.41, 5.74) is 1.38. The lowest BCUT2D eigenvalue weighted by Crippen LogP contribution is -2.34. The SMILES string of the molecule is CCOC(=O)c1ccc(OCCC2CCN(c3cc(Cl)nnc3Cl)CC2)cc1. The van der Waals surface area contributed by atoms with E-state index in [-0.39, 0.29) is 5.97 Å². The topological polar surface area (TPSA) is 64.6 Å². The number of benzene rings is 1. The van der Waals surface area contributed by atoms with Crippen LogP contribution in [0.25, 0.3) is 0 Å². The lowest BCUT2D eigenvalue weighted by Gasteiger charge is -2.33. The highest BCUT2D eigenvalue weighted by Crippen LogP contribution is 2.30. The summed E-state index contributed by atoms with van der Waals surface area (Å²) in [6, 6.07) is 8.82. The summed E-state index contributed by atoms with van der Waals surface area (Å²) in [5, 5.41) is 8.37. The molecule has 2 aromatic rings. The zero-order valence-electron chi connectivity index (χ0n) is 15.7. The number of esters is 1. The maximum Gasteiger partial charge on any atom is 0.338 e. The minimum Gasteiger partial charge on any atom is -0.494 e. The number of nitrogens with zero attached hydrogens (tertiary/aromatic N) is 3. The van der Waals surface area contributed by atoms with Crippen LogP contribution in [0.3, 0.4) is 0 Å². The van der Waals surface area contributed by atoms with E-state index in [0.717, 1.165) is 43.8 Å². The number of halogens is 2. The van der Waals surface area contributed by atoms with Crippen molar-refractivity contribution in [1.82, 2.24) is 10.2 Å². The second-order valence-corrected chi connectivity index (χ2v) is 7.40. The van der Waals surface area contributed by atoms with E-state index < -0.39 is 0 Å². The fraction of sp³-hybridized carbons (Fsp3) is 0.450. The Morgan fingerprint density at radius 1 is 1.18 bits per heavy atom. The number of piperidine rings is 1. The number of hydrogen-bond acceptors (Lipinski definition) is 6. The summed E-state index contributed by atoms with van der Waals surface area (Å²) in [5.74, 6) is 1.04. The van der Waals surface area contributed by atoms with Crippen molar-refractivity contribution in [3.8, 4) is 5.75 Å². The Morgan fingerprint density at radius 3 is 2.57 bits per heavy atom. The van der Waals surface area contributed by atoms with Gasteiger partial charge in [-0.25, -0.2) is 4.79 Å². The van der Waals surface area contributed by atoms with E-state index in [0.29, 0.717) is 35.0 Å². The molecule has 6 nitrogen and oxygen atoms in total. The largest absolute Gasteiger partial charge is 0.494 e. The molecule has 0 N–H and O–H groups in total. The Morgan fingerprint density at radius 2 is 1.89 bits per heavy atom. The second kappa shape index (κ2) is 9.94. The number of carbonyl (C=O) groups is 1. The molecule has 0 aliphatic carbocycles. The van der Waals surface area contributed by atoms with Crippen LogP contribution in [-0.2, 0) is 4.74 Å². The van der Waals surface area contributed by atoms with Gasteiger partial charge in [-0.05, 0) is 56.4 Å². The molecular weight excluding hydrogens is 401 g/mol.